The molecule has 0 unspecified atom stereocenters. The molecule has 0 radical (unpaired) electrons. The molecule has 1 atom stereocenters. The number of benzene rings is 1. The highest BCUT2D eigenvalue weighted by Gasteiger charge is 2.27. The SMILES string of the molecule is COc1ccc(CC(=O)N2CCC[C@@H]2CO)cc1F. The van der Waals surface area contributed by atoms with Gasteiger partial charge in [0, 0.05) is 6.54 Å². The number of carbonyl (C=O) groups is 1. The van der Waals surface area contributed by atoms with Crippen LogP contribution in [0.2, 0.25) is 0 Å². The van der Waals surface area contributed by atoms with Crippen LogP contribution < -0.4 is 4.74 Å². The number of rotatable bonds is 4. The number of aliphatic hydroxyl groups excluding tert-OH is 1. The maximum atomic E-state index is 13.5. The lowest BCUT2D eigenvalue weighted by Gasteiger charge is -2.23. The van der Waals surface area contributed by atoms with E-state index in [0.717, 1.165) is 12.8 Å². The van der Waals surface area contributed by atoms with Crippen LogP contribution in [0.1, 0.15) is 18.4 Å². The Labute approximate surface area is 111 Å². The van der Waals surface area contributed by atoms with Gasteiger partial charge in [0.2, 0.25) is 5.91 Å². The quantitative estimate of drug-likeness (QED) is 0.896. The molecule has 1 aliphatic heterocycles. The van der Waals surface area contributed by atoms with Crippen molar-refractivity contribution in [1.82, 2.24) is 4.90 Å². The number of likely N-dealkylation sites (tertiary alicyclic amines) is 1. The molecule has 1 N–H and O–H groups in total. The van der Waals surface area contributed by atoms with Crippen molar-refractivity contribution in [1.29, 1.82) is 0 Å². The minimum Gasteiger partial charge on any atom is -0.494 e. The van der Waals surface area contributed by atoms with Crippen molar-refractivity contribution in [3.05, 3.63) is 29.6 Å². The molecule has 5 heteroatoms. The molecule has 0 saturated carbocycles. The monoisotopic (exact) mass is 267 g/mol. The van der Waals surface area contributed by atoms with Crippen molar-refractivity contribution < 1.29 is 19.0 Å². The third kappa shape index (κ3) is 3.04. The molecule has 0 aliphatic carbocycles. The van der Waals surface area contributed by atoms with E-state index in [0.29, 0.717) is 12.1 Å². The predicted octanol–water partition coefficient (Wildman–Crippen LogP) is 1.36. The molecule has 0 aromatic heterocycles. The Bertz CT molecular complexity index is 464. The molecule has 1 aromatic carbocycles. The molecule has 19 heavy (non-hydrogen) atoms. The third-order valence-corrected chi connectivity index (χ3v) is 3.48. The van der Waals surface area contributed by atoms with Gasteiger partial charge in [0.25, 0.3) is 0 Å². The summed E-state index contributed by atoms with van der Waals surface area (Å²) in [6.45, 7) is 0.658. The van der Waals surface area contributed by atoms with Crippen molar-refractivity contribution in [3.63, 3.8) is 0 Å². The topological polar surface area (TPSA) is 49.8 Å². The maximum Gasteiger partial charge on any atom is 0.227 e. The molecule has 1 aliphatic rings. The van der Waals surface area contributed by atoms with Gasteiger partial charge in [0.1, 0.15) is 0 Å². The van der Waals surface area contributed by atoms with Crippen molar-refractivity contribution in [2.45, 2.75) is 25.3 Å². The fourth-order valence-electron chi connectivity index (χ4n) is 2.45. The standard InChI is InChI=1S/C14H18FNO3/c1-19-13-5-4-10(7-12(13)15)8-14(18)16-6-2-3-11(16)9-17/h4-5,7,11,17H,2-3,6,8-9H2,1H3/t11-/m1/s1. The van der Waals surface area contributed by atoms with Crippen molar-refractivity contribution in [3.8, 4) is 5.75 Å². The van der Waals surface area contributed by atoms with Crippen LogP contribution in [0.5, 0.6) is 5.75 Å². The van der Waals surface area contributed by atoms with Gasteiger partial charge in [-0.25, -0.2) is 4.39 Å². The average Bonchev–Trinajstić information content (AvgIpc) is 2.87. The van der Waals surface area contributed by atoms with Crippen LogP contribution >= 0.6 is 0 Å². The highest BCUT2D eigenvalue weighted by molar-refractivity contribution is 5.79. The lowest BCUT2D eigenvalue weighted by atomic mass is 10.1. The van der Waals surface area contributed by atoms with E-state index in [4.69, 9.17) is 4.74 Å². The van der Waals surface area contributed by atoms with E-state index in [-0.39, 0.29) is 30.7 Å². The molecule has 0 bridgehead atoms. The van der Waals surface area contributed by atoms with Crippen LogP contribution in [-0.2, 0) is 11.2 Å². The first kappa shape index (κ1) is 13.8. The first-order valence-electron chi connectivity index (χ1n) is 6.38. The summed E-state index contributed by atoms with van der Waals surface area (Å²) < 4.78 is 18.4. The third-order valence-electron chi connectivity index (χ3n) is 3.48. The number of hydrogen-bond donors (Lipinski definition) is 1. The second-order valence-electron chi connectivity index (χ2n) is 4.71. The predicted molar refractivity (Wildman–Crippen MR) is 68.5 cm³/mol. The summed E-state index contributed by atoms with van der Waals surface area (Å²) in [7, 11) is 1.40. The molecule has 1 amide bonds. The Hall–Kier alpha value is -1.62. The molecule has 1 heterocycles. The van der Waals surface area contributed by atoms with Gasteiger partial charge in [-0.1, -0.05) is 6.07 Å². The van der Waals surface area contributed by atoms with E-state index in [1.165, 1.54) is 19.2 Å². The molecule has 2 rings (SSSR count). The van der Waals surface area contributed by atoms with Crippen LogP contribution in [0.3, 0.4) is 0 Å². The fourth-order valence-corrected chi connectivity index (χ4v) is 2.45. The Morgan fingerprint density at radius 3 is 3.00 bits per heavy atom. The number of aliphatic hydroxyl groups is 1. The first-order chi connectivity index (χ1) is 9.15. The van der Waals surface area contributed by atoms with Crippen LogP contribution in [0.25, 0.3) is 0 Å². The van der Waals surface area contributed by atoms with Gasteiger partial charge in [-0.05, 0) is 30.5 Å². The zero-order valence-electron chi connectivity index (χ0n) is 10.9. The maximum absolute atomic E-state index is 13.5. The Morgan fingerprint density at radius 1 is 1.58 bits per heavy atom. The van der Waals surface area contributed by atoms with E-state index in [2.05, 4.69) is 0 Å². The summed E-state index contributed by atoms with van der Waals surface area (Å²) in [6, 6.07) is 4.44. The normalized spacial score (nSPS) is 18.7. The van der Waals surface area contributed by atoms with Gasteiger partial charge < -0.3 is 14.7 Å². The number of nitrogens with zero attached hydrogens (tertiary/aromatic N) is 1. The summed E-state index contributed by atoms with van der Waals surface area (Å²) >= 11 is 0. The first-order valence-corrected chi connectivity index (χ1v) is 6.38. The lowest BCUT2D eigenvalue weighted by Crippen LogP contribution is -2.38. The van der Waals surface area contributed by atoms with E-state index in [1.54, 1.807) is 11.0 Å². The van der Waals surface area contributed by atoms with E-state index in [9.17, 15) is 14.3 Å². The summed E-state index contributed by atoms with van der Waals surface area (Å²) in [5.41, 5.74) is 0.617. The summed E-state index contributed by atoms with van der Waals surface area (Å²) in [5.74, 6) is -0.361. The van der Waals surface area contributed by atoms with Gasteiger partial charge in [-0.3, -0.25) is 4.79 Å². The molecule has 4 nitrogen and oxygen atoms in total. The number of carbonyl (C=O) groups excluding carboxylic acids is 1. The molecular formula is C14H18FNO3. The number of methoxy groups -OCH3 is 1. The number of amides is 1. The van der Waals surface area contributed by atoms with Gasteiger partial charge in [-0.2, -0.15) is 0 Å². The van der Waals surface area contributed by atoms with Gasteiger partial charge >= 0.3 is 0 Å². The van der Waals surface area contributed by atoms with E-state index >= 15 is 0 Å². The Morgan fingerprint density at radius 2 is 2.37 bits per heavy atom. The van der Waals surface area contributed by atoms with Crippen LogP contribution in [0.4, 0.5) is 4.39 Å². The molecule has 1 fully saturated rings. The van der Waals surface area contributed by atoms with Crippen molar-refractivity contribution in [2.24, 2.45) is 0 Å². The highest BCUT2D eigenvalue weighted by atomic mass is 19.1. The Kier molecular flexibility index (Phi) is 4.37. The summed E-state index contributed by atoms with van der Waals surface area (Å²) in [5, 5.41) is 9.19. The second-order valence-corrected chi connectivity index (χ2v) is 4.71. The number of ether oxygens (including phenoxy) is 1. The van der Waals surface area contributed by atoms with Gasteiger partial charge in [0.05, 0.1) is 26.2 Å². The number of hydrogen-bond acceptors (Lipinski definition) is 3. The lowest BCUT2D eigenvalue weighted by molar-refractivity contribution is -0.131. The van der Waals surface area contributed by atoms with Crippen LogP contribution in [-0.4, -0.2) is 42.2 Å². The summed E-state index contributed by atoms with van der Waals surface area (Å²) in [6.07, 6.45) is 1.89. The molecule has 1 saturated heterocycles. The van der Waals surface area contributed by atoms with Gasteiger partial charge in [0.15, 0.2) is 11.6 Å². The van der Waals surface area contributed by atoms with Gasteiger partial charge in [-0.15, -0.1) is 0 Å². The summed E-state index contributed by atoms with van der Waals surface area (Å²) in [4.78, 5) is 13.8. The fraction of sp³-hybridized carbons (Fsp3) is 0.500. The number of halogens is 1. The average molecular weight is 267 g/mol. The van der Waals surface area contributed by atoms with E-state index in [1.807, 2.05) is 0 Å². The minimum atomic E-state index is -0.465. The van der Waals surface area contributed by atoms with Crippen LogP contribution in [0, 0.1) is 5.82 Å². The smallest absolute Gasteiger partial charge is 0.227 e. The zero-order valence-corrected chi connectivity index (χ0v) is 10.9. The van der Waals surface area contributed by atoms with Crippen LogP contribution in [0.15, 0.2) is 18.2 Å². The van der Waals surface area contributed by atoms with E-state index < -0.39 is 5.82 Å². The molecule has 1 aromatic rings. The molecule has 104 valence electrons. The zero-order chi connectivity index (χ0) is 13.8. The minimum absolute atomic E-state index is 0.0112. The van der Waals surface area contributed by atoms with Crippen molar-refractivity contribution >= 4 is 5.91 Å². The Balaban J connectivity index is 2.04. The molecule has 0 spiro atoms. The largest absolute Gasteiger partial charge is 0.494 e. The second kappa shape index (κ2) is 6.02. The van der Waals surface area contributed by atoms with Crippen molar-refractivity contribution in [2.75, 3.05) is 20.3 Å². The molecular weight excluding hydrogens is 249 g/mol. The highest BCUT2D eigenvalue weighted by Crippen LogP contribution is 2.21.